The van der Waals surface area contributed by atoms with E-state index in [1.165, 1.54) is 0 Å². The number of benzene rings is 1. The fourth-order valence-corrected chi connectivity index (χ4v) is 2.42. The van der Waals surface area contributed by atoms with Crippen LogP contribution in [-0.4, -0.2) is 14.5 Å². The van der Waals surface area contributed by atoms with Crippen LogP contribution in [0.2, 0.25) is 0 Å². The maximum Gasteiger partial charge on any atom is 0.142 e. The number of pyridine rings is 1. The Kier molecular flexibility index (Phi) is 2.76. The molecule has 0 aliphatic rings. The maximum atomic E-state index is 9.00. The summed E-state index contributed by atoms with van der Waals surface area (Å²) in [5, 5.41) is 9.00. The number of fused-ring (bicyclic) bond motifs is 1. The van der Waals surface area contributed by atoms with E-state index in [1.807, 2.05) is 49.7 Å². The van der Waals surface area contributed by atoms with Crippen molar-refractivity contribution in [2.75, 3.05) is 0 Å². The van der Waals surface area contributed by atoms with Crippen molar-refractivity contribution in [3.8, 4) is 17.5 Å². The molecule has 0 spiro atoms. The van der Waals surface area contributed by atoms with E-state index in [0.29, 0.717) is 5.56 Å². The standard InChI is InChI=1S/C16H14N4/c1-10-4-6-13(11(2)18-10)16-19-14-7-5-12(9-17)8-15(14)20(16)3/h4-8H,1-3H3. The van der Waals surface area contributed by atoms with Gasteiger partial charge in [-0.2, -0.15) is 5.26 Å². The number of aryl methyl sites for hydroxylation is 3. The first kappa shape index (κ1) is 12.4. The highest BCUT2D eigenvalue weighted by molar-refractivity contribution is 5.82. The predicted octanol–water partition coefficient (Wildman–Crippen LogP) is 3.12. The third kappa shape index (κ3) is 1.84. The van der Waals surface area contributed by atoms with Gasteiger partial charge in [0.15, 0.2) is 0 Å². The molecule has 0 unspecified atom stereocenters. The Morgan fingerprint density at radius 1 is 1.10 bits per heavy atom. The average molecular weight is 262 g/mol. The van der Waals surface area contributed by atoms with Crippen LogP contribution < -0.4 is 0 Å². The maximum absolute atomic E-state index is 9.00. The van der Waals surface area contributed by atoms with Crippen LogP contribution in [0.3, 0.4) is 0 Å². The zero-order chi connectivity index (χ0) is 14.3. The predicted molar refractivity (Wildman–Crippen MR) is 78.1 cm³/mol. The molecule has 2 heterocycles. The number of hydrogen-bond donors (Lipinski definition) is 0. The molecular formula is C16H14N4. The van der Waals surface area contributed by atoms with Gasteiger partial charge in [-0.25, -0.2) is 4.98 Å². The second kappa shape index (κ2) is 4.46. The van der Waals surface area contributed by atoms with Crippen LogP contribution in [-0.2, 0) is 7.05 Å². The van der Waals surface area contributed by atoms with E-state index < -0.39 is 0 Å². The second-order valence-corrected chi connectivity index (χ2v) is 4.90. The normalized spacial score (nSPS) is 10.7. The molecule has 0 bridgehead atoms. The first-order valence-corrected chi connectivity index (χ1v) is 6.41. The van der Waals surface area contributed by atoms with Crippen molar-refractivity contribution in [1.29, 1.82) is 5.26 Å². The van der Waals surface area contributed by atoms with Gasteiger partial charge in [-0.05, 0) is 44.2 Å². The molecule has 3 aromatic rings. The van der Waals surface area contributed by atoms with Gasteiger partial charge in [0.25, 0.3) is 0 Å². The molecule has 0 amide bonds. The van der Waals surface area contributed by atoms with Gasteiger partial charge in [-0.3, -0.25) is 4.98 Å². The number of aromatic nitrogens is 3. The highest BCUT2D eigenvalue weighted by Crippen LogP contribution is 2.26. The highest BCUT2D eigenvalue weighted by Gasteiger charge is 2.13. The lowest BCUT2D eigenvalue weighted by molar-refractivity contribution is 0.951. The first-order valence-electron chi connectivity index (χ1n) is 6.41. The van der Waals surface area contributed by atoms with Gasteiger partial charge < -0.3 is 4.57 Å². The van der Waals surface area contributed by atoms with E-state index in [4.69, 9.17) is 5.26 Å². The molecular weight excluding hydrogens is 248 g/mol. The van der Waals surface area contributed by atoms with Gasteiger partial charge in [0.2, 0.25) is 0 Å². The minimum Gasteiger partial charge on any atom is -0.327 e. The van der Waals surface area contributed by atoms with Crippen LogP contribution in [0.4, 0.5) is 0 Å². The van der Waals surface area contributed by atoms with Crippen LogP contribution in [0.1, 0.15) is 17.0 Å². The molecule has 0 radical (unpaired) electrons. The summed E-state index contributed by atoms with van der Waals surface area (Å²) in [6, 6.07) is 11.7. The molecule has 0 saturated heterocycles. The van der Waals surface area contributed by atoms with Gasteiger partial charge >= 0.3 is 0 Å². The first-order chi connectivity index (χ1) is 9.60. The molecule has 4 heteroatoms. The van der Waals surface area contributed by atoms with E-state index in [9.17, 15) is 0 Å². The molecule has 0 aliphatic heterocycles. The summed E-state index contributed by atoms with van der Waals surface area (Å²) in [5.74, 6) is 0.875. The number of rotatable bonds is 1. The van der Waals surface area contributed by atoms with Crippen LogP contribution >= 0.6 is 0 Å². The van der Waals surface area contributed by atoms with E-state index in [1.54, 1.807) is 6.07 Å². The average Bonchev–Trinajstić information content (AvgIpc) is 2.76. The van der Waals surface area contributed by atoms with Gasteiger partial charge in [-0.15, -0.1) is 0 Å². The van der Waals surface area contributed by atoms with E-state index in [-0.39, 0.29) is 0 Å². The lowest BCUT2D eigenvalue weighted by atomic mass is 10.2. The molecule has 98 valence electrons. The van der Waals surface area contributed by atoms with Gasteiger partial charge in [0.1, 0.15) is 5.82 Å². The lowest BCUT2D eigenvalue weighted by Crippen LogP contribution is -1.97. The molecule has 1 aromatic carbocycles. The minimum atomic E-state index is 0.644. The van der Waals surface area contributed by atoms with Gasteiger partial charge in [-0.1, -0.05) is 0 Å². The molecule has 2 aromatic heterocycles. The quantitative estimate of drug-likeness (QED) is 0.677. The number of hydrogen-bond acceptors (Lipinski definition) is 3. The minimum absolute atomic E-state index is 0.644. The van der Waals surface area contributed by atoms with E-state index in [2.05, 4.69) is 16.0 Å². The van der Waals surface area contributed by atoms with Crippen molar-refractivity contribution in [2.24, 2.45) is 7.05 Å². The van der Waals surface area contributed by atoms with E-state index in [0.717, 1.165) is 33.8 Å². The van der Waals surface area contributed by atoms with Crippen molar-refractivity contribution >= 4 is 11.0 Å². The summed E-state index contributed by atoms with van der Waals surface area (Å²) in [6.45, 7) is 3.97. The Morgan fingerprint density at radius 3 is 2.60 bits per heavy atom. The summed E-state index contributed by atoms with van der Waals surface area (Å²) in [7, 11) is 1.96. The molecule has 0 fully saturated rings. The van der Waals surface area contributed by atoms with Gasteiger partial charge in [0, 0.05) is 24.0 Å². The third-order valence-electron chi connectivity index (χ3n) is 3.48. The third-order valence-corrected chi connectivity index (χ3v) is 3.48. The smallest absolute Gasteiger partial charge is 0.142 e. The molecule has 0 N–H and O–H groups in total. The summed E-state index contributed by atoms with van der Waals surface area (Å²) < 4.78 is 2.01. The Hall–Kier alpha value is -2.67. The Morgan fingerprint density at radius 2 is 1.90 bits per heavy atom. The number of imidazole rings is 1. The highest BCUT2D eigenvalue weighted by atomic mass is 15.1. The number of nitrogens with zero attached hydrogens (tertiary/aromatic N) is 4. The van der Waals surface area contributed by atoms with Crippen molar-refractivity contribution in [3.05, 3.63) is 47.3 Å². The lowest BCUT2D eigenvalue weighted by Gasteiger charge is -2.06. The van der Waals surface area contributed by atoms with Crippen molar-refractivity contribution < 1.29 is 0 Å². The van der Waals surface area contributed by atoms with Crippen LogP contribution in [0.25, 0.3) is 22.4 Å². The van der Waals surface area contributed by atoms with Crippen molar-refractivity contribution in [3.63, 3.8) is 0 Å². The molecule has 0 saturated carbocycles. The zero-order valence-electron chi connectivity index (χ0n) is 11.7. The van der Waals surface area contributed by atoms with Crippen LogP contribution in [0.5, 0.6) is 0 Å². The largest absolute Gasteiger partial charge is 0.327 e. The molecule has 0 atom stereocenters. The summed E-state index contributed by atoms with van der Waals surface area (Å²) in [6.07, 6.45) is 0. The monoisotopic (exact) mass is 262 g/mol. The summed E-state index contributed by atoms with van der Waals surface area (Å²) in [5.41, 5.74) is 5.47. The van der Waals surface area contributed by atoms with Gasteiger partial charge in [0.05, 0.1) is 22.7 Å². The molecule has 3 rings (SSSR count). The Labute approximate surface area is 117 Å². The van der Waals surface area contributed by atoms with Crippen molar-refractivity contribution in [1.82, 2.24) is 14.5 Å². The number of nitriles is 1. The van der Waals surface area contributed by atoms with Crippen LogP contribution in [0, 0.1) is 25.2 Å². The fraction of sp³-hybridized carbons (Fsp3) is 0.188. The van der Waals surface area contributed by atoms with E-state index >= 15 is 0 Å². The Bertz CT molecular complexity index is 853. The SMILES string of the molecule is Cc1ccc(-c2nc3ccc(C#N)cc3n2C)c(C)n1. The topological polar surface area (TPSA) is 54.5 Å². The molecule has 0 aliphatic carbocycles. The summed E-state index contributed by atoms with van der Waals surface area (Å²) >= 11 is 0. The fourth-order valence-electron chi connectivity index (χ4n) is 2.42. The Balaban J connectivity index is 2.27. The molecule has 20 heavy (non-hydrogen) atoms. The van der Waals surface area contributed by atoms with Crippen LogP contribution in [0.15, 0.2) is 30.3 Å². The summed E-state index contributed by atoms with van der Waals surface area (Å²) in [4.78, 5) is 9.15. The second-order valence-electron chi connectivity index (χ2n) is 4.90. The zero-order valence-corrected chi connectivity index (χ0v) is 11.7. The van der Waals surface area contributed by atoms with Crippen molar-refractivity contribution in [2.45, 2.75) is 13.8 Å². The molecule has 4 nitrogen and oxygen atoms in total.